The van der Waals surface area contributed by atoms with Gasteiger partial charge in [-0.2, -0.15) is 0 Å². The van der Waals surface area contributed by atoms with Crippen molar-refractivity contribution in [1.82, 2.24) is 5.32 Å². The molecule has 0 heterocycles. The SMILES string of the molecule is Nc1cc(C(=O)NC2CCC(O)CC2)ccc1[N+](=O)[O-]. The summed E-state index contributed by atoms with van der Waals surface area (Å²) in [6.45, 7) is 0. The molecule has 2 rings (SSSR count). The minimum Gasteiger partial charge on any atom is -0.393 e. The van der Waals surface area contributed by atoms with E-state index in [-0.39, 0.29) is 29.4 Å². The predicted octanol–water partition coefficient (Wildman–Crippen LogP) is 1.21. The number of nitrogens with zero attached hydrogens (tertiary/aromatic N) is 1. The molecule has 0 aliphatic heterocycles. The van der Waals surface area contributed by atoms with E-state index in [1.54, 1.807) is 0 Å². The average molecular weight is 279 g/mol. The maximum Gasteiger partial charge on any atom is 0.292 e. The Balaban J connectivity index is 2.02. The van der Waals surface area contributed by atoms with E-state index in [0.717, 1.165) is 12.8 Å². The lowest BCUT2D eigenvalue weighted by Crippen LogP contribution is -2.38. The van der Waals surface area contributed by atoms with E-state index >= 15 is 0 Å². The van der Waals surface area contributed by atoms with Crippen molar-refractivity contribution in [2.75, 3.05) is 5.73 Å². The molecule has 7 heteroatoms. The second-order valence-corrected chi connectivity index (χ2v) is 5.01. The van der Waals surface area contributed by atoms with Gasteiger partial charge in [0.15, 0.2) is 0 Å². The van der Waals surface area contributed by atoms with Gasteiger partial charge in [-0.1, -0.05) is 0 Å². The summed E-state index contributed by atoms with van der Waals surface area (Å²) in [6.07, 6.45) is 2.53. The van der Waals surface area contributed by atoms with Crippen molar-refractivity contribution in [2.24, 2.45) is 0 Å². The molecule has 1 aromatic carbocycles. The molecule has 20 heavy (non-hydrogen) atoms. The van der Waals surface area contributed by atoms with Crippen molar-refractivity contribution < 1.29 is 14.8 Å². The normalized spacial score (nSPS) is 22.2. The number of aliphatic hydroxyl groups excluding tert-OH is 1. The Labute approximate surface area is 115 Å². The fourth-order valence-corrected chi connectivity index (χ4v) is 2.35. The highest BCUT2D eigenvalue weighted by atomic mass is 16.6. The highest BCUT2D eigenvalue weighted by molar-refractivity contribution is 5.95. The van der Waals surface area contributed by atoms with Gasteiger partial charge in [0.1, 0.15) is 5.69 Å². The van der Waals surface area contributed by atoms with Crippen LogP contribution in [0.3, 0.4) is 0 Å². The topological polar surface area (TPSA) is 118 Å². The van der Waals surface area contributed by atoms with Crippen LogP contribution in [-0.4, -0.2) is 28.1 Å². The third-order valence-electron chi connectivity index (χ3n) is 3.52. The first-order valence-corrected chi connectivity index (χ1v) is 6.50. The van der Waals surface area contributed by atoms with Gasteiger partial charge in [0, 0.05) is 17.7 Å². The van der Waals surface area contributed by atoms with Gasteiger partial charge in [-0.3, -0.25) is 14.9 Å². The maximum absolute atomic E-state index is 12.0. The van der Waals surface area contributed by atoms with Gasteiger partial charge in [-0.15, -0.1) is 0 Å². The quantitative estimate of drug-likeness (QED) is 0.436. The van der Waals surface area contributed by atoms with E-state index in [0.29, 0.717) is 18.4 Å². The number of hydrogen-bond donors (Lipinski definition) is 3. The number of carbonyl (C=O) groups is 1. The molecule has 1 aromatic rings. The molecule has 1 fully saturated rings. The summed E-state index contributed by atoms with van der Waals surface area (Å²) in [6, 6.07) is 3.96. The van der Waals surface area contributed by atoms with Crippen molar-refractivity contribution in [3.63, 3.8) is 0 Å². The molecule has 1 amide bonds. The number of nitrogens with two attached hydrogens (primary N) is 1. The molecule has 7 nitrogen and oxygen atoms in total. The minimum atomic E-state index is -0.584. The van der Waals surface area contributed by atoms with Crippen LogP contribution in [0.5, 0.6) is 0 Å². The van der Waals surface area contributed by atoms with Crippen LogP contribution in [0, 0.1) is 10.1 Å². The van der Waals surface area contributed by atoms with Gasteiger partial charge in [0.2, 0.25) is 0 Å². The third kappa shape index (κ3) is 3.24. The Morgan fingerprint density at radius 3 is 2.55 bits per heavy atom. The number of carbonyl (C=O) groups excluding carboxylic acids is 1. The maximum atomic E-state index is 12.0. The summed E-state index contributed by atoms with van der Waals surface area (Å²) < 4.78 is 0. The predicted molar refractivity (Wildman–Crippen MR) is 73.2 cm³/mol. The minimum absolute atomic E-state index is 0.0262. The van der Waals surface area contributed by atoms with Crippen LogP contribution in [0.15, 0.2) is 18.2 Å². The van der Waals surface area contributed by atoms with Crippen molar-refractivity contribution in [3.8, 4) is 0 Å². The van der Waals surface area contributed by atoms with E-state index in [9.17, 15) is 20.0 Å². The number of hydrogen-bond acceptors (Lipinski definition) is 5. The summed E-state index contributed by atoms with van der Waals surface area (Å²) in [5.41, 5.74) is 5.63. The Morgan fingerprint density at radius 1 is 1.35 bits per heavy atom. The van der Waals surface area contributed by atoms with Crippen molar-refractivity contribution >= 4 is 17.3 Å². The summed E-state index contributed by atoms with van der Waals surface area (Å²) >= 11 is 0. The largest absolute Gasteiger partial charge is 0.393 e. The van der Waals surface area contributed by atoms with Gasteiger partial charge >= 0.3 is 0 Å². The molecule has 0 spiro atoms. The smallest absolute Gasteiger partial charge is 0.292 e. The van der Waals surface area contributed by atoms with Gasteiger partial charge in [0.25, 0.3) is 11.6 Å². The Hall–Kier alpha value is -2.15. The Bertz CT molecular complexity index is 524. The number of amides is 1. The van der Waals surface area contributed by atoms with Crippen LogP contribution < -0.4 is 11.1 Å². The molecule has 0 saturated heterocycles. The zero-order chi connectivity index (χ0) is 14.7. The molecular formula is C13H17N3O4. The summed E-state index contributed by atoms with van der Waals surface area (Å²) in [7, 11) is 0. The van der Waals surface area contributed by atoms with Crippen LogP contribution in [0.2, 0.25) is 0 Å². The lowest BCUT2D eigenvalue weighted by atomic mass is 9.93. The number of nitrogens with one attached hydrogen (secondary N) is 1. The molecule has 0 unspecified atom stereocenters. The molecule has 4 N–H and O–H groups in total. The lowest BCUT2D eigenvalue weighted by molar-refractivity contribution is -0.383. The molecule has 1 aliphatic carbocycles. The second kappa shape index (κ2) is 5.87. The number of nitro benzene ring substituents is 1. The highest BCUT2D eigenvalue weighted by Crippen LogP contribution is 2.23. The van der Waals surface area contributed by atoms with Gasteiger partial charge in [-0.05, 0) is 37.8 Å². The highest BCUT2D eigenvalue weighted by Gasteiger charge is 2.22. The zero-order valence-corrected chi connectivity index (χ0v) is 10.9. The summed E-state index contributed by atoms with van der Waals surface area (Å²) in [4.78, 5) is 22.1. The van der Waals surface area contributed by atoms with Crippen molar-refractivity contribution in [3.05, 3.63) is 33.9 Å². The molecule has 108 valence electrons. The third-order valence-corrected chi connectivity index (χ3v) is 3.52. The molecule has 0 aromatic heterocycles. The van der Waals surface area contributed by atoms with E-state index < -0.39 is 4.92 Å². The van der Waals surface area contributed by atoms with Gasteiger partial charge in [0.05, 0.1) is 11.0 Å². The number of benzene rings is 1. The second-order valence-electron chi connectivity index (χ2n) is 5.01. The van der Waals surface area contributed by atoms with Crippen molar-refractivity contribution in [2.45, 2.75) is 37.8 Å². The van der Waals surface area contributed by atoms with E-state index in [4.69, 9.17) is 5.73 Å². The first-order valence-electron chi connectivity index (χ1n) is 6.50. The number of rotatable bonds is 3. The molecular weight excluding hydrogens is 262 g/mol. The molecule has 0 atom stereocenters. The first kappa shape index (κ1) is 14.3. The Morgan fingerprint density at radius 2 is 2.00 bits per heavy atom. The van der Waals surface area contributed by atoms with E-state index in [1.165, 1.54) is 18.2 Å². The van der Waals surface area contributed by atoms with Crippen LogP contribution in [0.1, 0.15) is 36.0 Å². The fraction of sp³-hybridized carbons (Fsp3) is 0.462. The van der Waals surface area contributed by atoms with Crippen LogP contribution in [0.4, 0.5) is 11.4 Å². The summed E-state index contributed by atoms with van der Waals surface area (Å²) in [5.74, 6) is -0.298. The standard InChI is InChI=1S/C13H17N3O4/c14-11-7-8(1-6-12(11)16(19)20)13(18)15-9-2-4-10(17)5-3-9/h1,6-7,9-10,17H,2-5,14H2,(H,15,18). The fourth-order valence-electron chi connectivity index (χ4n) is 2.35. The number of aliphatic hydroxyl groups is 1. The monoisotopic (exact) mass is 279 g/mol. The van der Waals surface area contributed by atoms with Crippen LogP contribution in [-0.2, 0) is 0 Å². The average Bonchev–Trinajstić information content (AvgIpc) is 2.40. The molecule has 0 bridgehead atoms. The lowest BCUT2D eigenvalue weighted by Gasteiger charge is -2.26. The molecule has 0 radical (unpaired) electrons. The first-order chi connectivity index (χ1) is 9.47. The molecule has 1 saturated carbocycles. The number of anilines is 1. The summed E-state index contributed by atoms with van der Waals surface area (Å²) in [5, 5.41) is 22.9. The number of nitro groups is 1. The molecule has 1 aliphatic rings. The van der Waals surface area contributed by atoms with Crippen LogP contribution in [0.25, 0.3) is 0 Å². The number of nitrogen functional groups attached to an aromatic ring is 1. The van der Waals surface area contributed by atoms with Gasteiger partial charge < -0.3 is 16.2 Å². The van der Waals surface area contributed by atoms with Crippen molar-refractivity contribution in [1.29, 1.82) is 0 Å². The van der Waals surface area contributed by atoms with E-state index in [2.05, 4.69) is 5.32 Å². The van der Waals surface area contributed by atoms with Crippen LogP contribution >= 0.6 is 0 Å². The van der Waals surface area contributed by atoms with Gasteiger partial charge in [-0.25, -0.2) is 0 Å². The van der Waals surface area contributed by atoms with E-state index in [1.807, 2.05) is 0 Å². The zero-order valence-electron chi connectivity index (χ0n) is 10.9. The Kier molecular flexibility index (Phi) is 4.19.